The average molecular weight is 329 g/mol. The van der Waals surface area contributed by atoms with Crippen LogP contribution in [-0.2, 0) is 10.0 Å². The summed E-state index contributed by atoms with van der Waals surface area (Å²) in [7, 11) is -3.66. The molecule has 0 saturated heterocycles. The molecule has 0 amide bonds. The molecule has 0 spiro atoms. The molecule has 4 rings (SSSR count). The summed E-state index contributed by atoms with van der Waals surface area (Å²) in [5, 5.41) is 4.71. The molecule has 1 aliphatic heterocycles. The van der Waals surface area contributed by atoms with Crippen LogP contribution in [0.1, 0.15) is 16.8 Å². The predicted octanol–water partition coefficient (Wildman–Crippen LogP) is 2.66. The molecule has 1 aromatic heterocycles. The first kappa shape index (κ1) is 14.0. The molecule has 0 saturated carbocycles. The Bertz CT molecular complexity index is 1080. The molecule has 0 atom stereocenters. The Morgan fingerprint density at radius 1 is 1.13 bits per heavy atom. The van der Waals surface area contributed by atoms with Gasteiger partial charge in [-0.25, -0.2) is 4.39 Å². The van der Waals surface area contributed by atoms with Crippen LogP contribution in [0, 0.1) is 12.7 Å². The number of hydrogen-bond donors (Lipinski definition) is 2. The number of sulfonamides is 1. The van der Waals surface area contributed by atoms with E-state index < -0.39 is 10.0 Å². The van der Waals surface area contributed by atoms with Crippen molar-refractivity contribution in [2.75, 3.05) is 0 Å². The van der Waals surface area contributed by atoms with Crippen LogP contribution in [0.3, 0.4) is 0 Å². The van der Waals surface area contributed by atoms with Crippen LogP contribution in [0.25, 0.3) is 10.9 Å². The Kier molecular flexibility index (Phi) is 2.83. The quantitative estimate of drug-likeness (QED) is 0.720. The van der Waals surface area contributed by atoms with Crippen LogP contribution in [-0.4, -0.2) is 19.1 Å². The Morgan fingerprint density at radius 3 is 2.74 bits per heavy atom. The number of fused-ring (bicyclic) bond motifs is 2. The van der Waals surface area contributed by atoms with Gasteiger partial charge in [-0.1, -0.05) is 18.2 Å². The molecule has 2 heterocycles. The van der Waals surface area contributed by atoms with E-state index in [9.17, 15) is 12.8 Å². The zero-order valence-corrected chi connectivity index (χ0v) is 12.9. The summed E-state index contributed by atoms with van der Waals surface area (Å²) in [6.45, 7) is 1.85. The van der Waals surface area contributed by atoms with Crippen LogP contribution in [0.15, 0.2) is 52.5 Å². The van der Waals surface area contributed by atoms with Gasteiger partial charge >= 0.3 is 0 Å². The third-order valence-corrected chi connectivity index (χ3v) is 5.16. The maximum absolute atomic E-state index is 13.6. The third-order valence-electron chi connectivity index (χ3n) is 3.89. The van der Waals surface area contributed by atoms with E-state index >= 15 is 0 Å². The lowest BCUT2D eigenvalue weighted by Crippen LogP contribution is -2.28. The smallest absolute Gasteiger partial charge is 0.277 e. The second-order valence-electron chi connectivity index (χ2n) is 5.37. The van der Waals surface area contributed by atoms with E-state index in [2.05, 4.69) is 14.9 Å². The van der Waals surface area contributed by atoms with Crippen molar-refractivity contribution in [3.8, 4) is 0 Å². The number of benzene rings is 2. The monoisotopic (exact) mass is 329 g/mol. The van der Waals surface area contributed by atoms with Gasteiger partial charge in [-0.3, -0.25) is 0 Å². The van der Waals surface area contributed by atoms with Crippen molar-refractivity contribution in [3.05, 3.63) is 65.1 Å². The van der Waals surface area contributed by atoms with Crippen molar-refractivity contribution in [1.29, 1.82) is 0 Å². The Labute approximate surface area is 131 Å². The SMILES string of the molecule is Cc1[nH]c2ccc(F)cc2c1C1=NNS(=O)(=O)c2ccccc21. The summed E-state index contributed by atoms with van der Waals surface area (Å²) in [4.78, 5) is 5.55. The first-order chi connectivity index (χ1) is 11.0. The number of aromatic amines is 1. The lowest BCUT2D eigenvalue weighted by Gasteiger charge is -2.18. The predicted molar refractivity (Wildman–Crippen MR) is 85.4 cm³/mol. The van der Waals surface area contributed by atoms with E-state index in [4.69, 9.17) is 0 Å². The number of H-pyrrole nitrogens is 1. The topological polar surface area (TPSA) is 74.3 Å². The molecule has 1 aliphatic rings. The van der Waals surface area contributed by atoms with Gasteiger partial charge in [-0.15, -0.1) is 0 Å². The average Bonchev–Trinajstić information content (AvgIpc) is 2.83. The molecule has 0 aliphatic carbocycles. The number of hydrogen-bond acceptors (Lipinski definition) is 3. The minimum absolute atomic E-state index is 0.162. The van der Waals surface area contributed by atoms with Crippen molar-refractivity contribution in [1.82, 2.24) is 9.82 Å². The third kappa shape index (κ3) is 2.04. The van der Waals surface area contributed by atoms with Crippen molar-refractivity contribution >= 4 is 26.6 Å². The highest BCUT2D eigenvalue weighted by Gasteiger charge is 2.28. The Balaban J connectivity index is 2.05. The summed E-state index contributed by atoms with van der Waals surface area (Å²) in [5.74, 6) is -0.358. The molecule has 7 heteroatoms. The fourth-order valence-electron chi connectivity index (χ4n) is 2.91. The second-order valence-corrected chi connectivity index (χ2v) is 7.00. The first-order valence-electron chi connectivity index (χ1n) is 6.94. The summed E-state index contributed by atoms with van der Waals surface area (Å²) in [6, 6.07) is 11.1. The Morgan fingerprint density at radius 2 is 1.91 bits per heavy atom. The molecule has 0 radical (unpaired) electrons. The van der Waals surface area contributed by atoms with Gasteiger partial charge in [0.2, 0.25) is 0 Å². The molecule has 5 nitrogen and oxygen atoms in total. The van der Waals surface area contributed by atoms with E-state index in [0.717, 1.165) is 11.2 Å². The zero-order chi connectivity index (χ0) is 16.2. The first-order valence-corrected chi connectivity index (χ1v) is 8.43. The van der Waals surface area contributed by atoms with Gasteiger partial charge in [-0.05, 0) is 31.2 Å². The van der Waals surface area contributed by atoms with Crippen LogP contribution < -0.4 is 4.83 Å². The van der Waals surface area contributed by atoms with E-state index in [1.807, 2.05) is 6.92 Å². The largest absolute Gasteiger partial charge is 0.358 e. The van der Waals surface area contributed by atoms with Crippen molar-refractivity contribution in [2.24, 2.45) is 5.10 Å². The zero-order valence-electron chi connectivity index (χ0n) is 12.1. The molecule has 2 N–H and O–H groups in total. The maximum Gasteiger partial charge on any atom is 0.277 e. The van der Waals surface area contributed by atoms with Gasteiger partial charge in [0.05, 0.1) is 4.90 Å². The second kappa shape index (κ2) is 4.66. The van der Waals surface area contributed by atoms with E-state index in [-0.39, 0.29) is 10.7 Å². The van der Waals surface area contributed by atoms with Crippen LogP contribution in [0.4, 0.5) is 4.39 Å². The number of aryl methyl sites for hydroxylation is 1. The molecule has 0 bridgehead atoms. The van der Waals surface area contributed by atoms with E-state index in [0.29, 0.717) is 22.2 Å². The standard InChI is InChI=1S/C16H12FN3O2S/c1-9-15(12-8-10(17)6-7-13(12)18-9)16-11-4-2-3-5-14(11)23(21,22)20-19-16/h2-8,18,20H,1H3. The highest BCUT2D eigenvalue weighted by molar-refractivity contribution is 7.89. The van der Waals surface area contributed by atoms with E-state index in [1.54, 1.807) is 24.3 Å². The Hall–Kier alpha value is -2.67. The summed E-state index contributed by atoms with van der Waals surface area (Å²) in [6.07, 6.45) is 0. The normalized spacial score (nSPS) is 15.8. The van der Waals surface area contributed by atoms with E-state index in [1.165, 1.54) is 18.2 Å². The molecular formula is C16H12FN3O2S. The van der Waals surface area contributed by atoms with Crippen LogP contribution in [0.2, 0.25) is 0 Å². The number of halogens is 1. The molecular weight excluding hydrogens is 317 g/mol. The van der Waals surface area contributed by atoms with Crippen molar-refractivity contribution < 1.29 is 12.8 Å². The minimum Gasteiger partial charge on any atom is -0.358 e. The number of aromatic nitrogens is 1. The summed E-state index contributed by atoms with van der Waals surface area (Å²) < 4.78 is 37.9. The molecule has 23 heavy (non-hydrogen) atoms. The molecule has 0 unspecified atom stereocenters. The highest BCUT2D eigenvalue weighted by atomic mass is 32.2. The number of rotatable bonds is 1. The van der Waals surface area contributed by atoms with Gasteiger partial charge in [0.1, 0.15) is 11.5 Å². The lowest BCUT2D eigenvalue weighted by molar-refractivity contribution is 0.582. The number of nitrogens with one attached hydrogen (secondary N) is 2. The fraction of sp³-hybridized carbons (Fsp3) is 0.0625. The molecule has 3 aromatic rings. The maximum atomic E-state index is 13.6. The fourth-order valence-corrected chi connectivity index (χ4v) is 3.93. The lowest BCUT2D eigenvalue weighted by atomic mass is 9.99. The van der Waals surface area contributed by atoms with Gasteiger partial charge < -0.3 is 4.98 Å². The summed E-state index contributed by atoms with van der Waals surface area (Å²) >= 11 is 0. The highest BCUT2D eigenvalue weighted by Crippen LogP contribution is 2.30. The van der Waals surface area contributed by atoms with Crippen LogP contribution in [0.5, 0.6) is 0 Å². The van der Waals surface area contributed by atoms with Crippen molar-refractivity contribution in [3.63, 3.8) is 0 Å². The van der Waals surface area contributed by atoms with Crippen LogP contribution >= 0.6 is 0 Å². The molecule has 0 fully saturated rings. The van der Waals surface area contributed by atoms with Gasteiger partial charge in [0, 0.05) is 27.7 Å². The number of nitrogens with zero attached hydrogens (tertiary/aromatic N) is 1. The van der Waals surface area contributed by atoms with Gasteiger partial charge in [0.15, 0.2) is 0 Å². The van der Waals surface area contributed by atoms with Gasteiger partial charge in [-0.2, -0.15) is 18.4 Å². The molecule has 116 valence electrons. The van der Waals surface area contributed by atoms with Gasteiger partial charge in [0.25, 0.3) is 10.0 Å². The summed E-state index contributed by atoms with van der Waals surface area (Å²) in [5.41, 5.74) is 3.23. The minimum atomic E-state index is -3.66. The molecule has 2 aromatic carbocycles. The van der Waals surface area contributed by atoms with Crippen molar-refractivity contribution in [2.45, 2.75) is 11.8 Å². The number of hydrazone groups is 1.